The average molecular weight is 433 g/mol. The van der Waals surface area contributed by atoms with Gasteiger partial charge in [0.25, 0.3) is 5.91 Å². The molecular weight excluding hydrogens is 412 g/mol. The lowest BCUT2D eigenvalue weighted by Gasteiger charge is -2.06. The molecule has 0 aliphatic heterocycles. The maximum Gasteiger partial charge on any atom is 0.337 e. The van der Waals surface area contributed by atoms with Crippen molar-refractivity contribution in [2.45, 2.75) is 19.9 Å². The van der Waals surface area contributed by atoms with Crippen LogP contribution in [0.4, 0.5) is 0 Å². The highest BCUT2D eigenvalue weighted by Gasteiger charge is 2.13. The molecule has 1 amide bonds. The minimum absolute atomic E-state index is 0.118. The molecule has 0 aliphatic rings. The largest absolute Gasteiger partial charge is 0.465 e. The van der Waals surface area contributed by atoms with E-state index in [0.29, 0.717) is 35.1 Å². The molecule has 152 valence electrons. The van der Waals surface area contributed by atoms with Crippen molar-refractivity contribution in [1.29, 1.82) is 0 Å². The van der Waals surface area contributed by atoms with Crippen molar-refractivity contribution in [2.24, 2.45) is 4.99 Å². The number of ether oxygens (including phenoxy) is 2. The molecule has 0 unspecified atom stereocenters. The molecule has 0 fully saturated rings. The molecule has 0 saturated heterocycles. The van der Waals surface area contributed by atoms with Crippen LogP contribution in [0, 0.1) is 0 Å². The van der Waals surface area contributed by atoms with Crippen molar-refractivity contribution >= 4 is 45.0 Å². The monoisotopic (exact) mass is 432 g/mol. The fourth-order valence-corrected chi connectivity index (χ4v) is 4.19. The van der Waals surface area contributed by atoms with Crippen LogP contribution in [0.5, 0.6) is 0 Å². The Balaban J connectivity index is 2.00. The van der Waals surface area contributed by atoms with Gasteiger partial charge in [-0.3, -0.25) is 4.79 Å². The van der Waals surface area contributed by atoms with Crippen LogP contribution in [-0.2, 0) is 27.2 Å². The molecule has 6 nitrogen and oxygen atoms in total. The molecule has 2 aromatic carbocycles. The number of carbonyl (C=O) groups is 2. The molecule has 0 bridgehead atoms. The Labute approximate surface area is 177 Å². The first-order valence-corrected chi connectivity index (χ1v) is 10.3. The fourth-order valence-electron chi connectivity index (χ4n) is 2.87. The number of fused-ring (bicyclic) bond motifs is 1. The molecule has 0 spiro atoms. The molecule has 0 aliphatic carbocycles. The Hall–Kier alpha value is -2.48. The van der Waals surface area contributed by atoms with Crippen molar-refractivity contribution in [3.8, 4) is 0 Å². The van der Waals surface area contributed by atoms with Crippen LogP contribution in [0.15, 0.2) is 47.5 Å². The van der Waals surface area contributed by atoms with Crippen LogP contribution in [0.3, 0.4) is 0 Å². The van der Waals surface area contributed by atoms with E-state index in [1.807, 2.05) is 35.8 Å². The number of hydrogen-bond acceptors (Lipinski definition) is 5. The number of amides is 1. The summed E-state index contributed by atoms with van der Waals surface area (Å²) in [6.07, 6.45) is 0.118. The normalized spacial score (nSPS) is 11.8. The maximum atomic E-state index is 12.6. The molecule has 29 heavy (non-hydrogen) atoms. The minimum Gasteiger partial charge on any atom is -0.465 e. The second kappa shape index (κ2) is 9.82. The standard InChI is InChI=1S/C21H21ClN2O4S/c1-3-28-11-10-24-17-9-8-15(20(26)27-2)12-18(17)29-21(24)23-19(25)13-14-6-4-5-7-16(14)22/h4-9,12H,3,10-11,13H2,1-2H3. The molecule has 0 N–H and O–H groups in total. The summed E-state index contributed by atoms with van der Waals surface area (Å²) in [7, 11) is 1.34. The molecular formula is C21H21ClN2O4S. The second-order valence-electron chi connectivity index (χ2n) is 6.18. The van der Waals surface area contributed by atoms with Gasteiger partial charge < -0.3 is 14.0 Å². The van der Waals surface area contributed by atoms with E-state index in [1.165, 1.54) is 18.4 Å². The third-order valence-corrected chi connectivity index (χ3v) is 5.70. The number of methoxy groups -OCH3 is 1. The summed E-state index contributed by atoms with van der Waals surface area (Å²) >= 11 is 7.50. The van der Waals surface area contributed by atoms with Gasteiger partial charge in [-0.25, -0.2) is 4.79 Å². The topological polar surface area (TPSA) is 69.9 Å². The molecule has 3 aromatic rings. The van der Waals surface area contributed by atoms with Crippen molar-refractivity contribution in [1.82, 2.24) is 4.57 Å². The van der Waals surface area contributed by atoms with Gasteiger partial charge in [-0.2, -0.15) is 4.99 Å². The Morgan fingerprint density at radius 2 is 2.00 bits per heavy atom. The predicted molar refractivity (Wildman–Crippen MR) is 113 cm³/mol. The zero-order valence-electron chi connectivity index (χ0n) is 16.2. The van der Waals surface area contributed by atoms with Gasteiger partial charge in [0, 0.05) is 18.2 Å². The van der Waals surface area contributed by atoms with Gasteiger partial charge in [0.05, 0.1) is 35.9 Å². The molecule has 0 saturated carbocycles. The van der Waals surface area contributed by atoms with E-state index < -0.39 is 5.97 Å². The van der Waals surface area contributed by atoms with Gasteiger partial charge in [-0.15, -0.1) is 0 Å². The van der Waals surface area contributed by atoms with Crippen molar-refractivity contribution in [3.63, 3.8) is 0 Å². The smallest absolute Gasteiger partial charge is 0.337 e. The van der Waals surface area contributed by atoms with Crippen molar-refractivity contribution in [2.75, 3.05) is 20.3 Å². The maximum absolute atomic E-state index is 12.6. The van der Waals surface area contributed by atoms with Gasteiger partial charge >= 0.3 is 5.97 Å². The minimum atomic E-state index is -0.408. The van der Waals surface area contributed by atoms with Crippen LogP contribution in [0.2, 0.25) is 5.02 Å². The summed E-state index contributed by atoms with van der Waals surface area (Å²) in [5, 5.41) is 0.541. The van der Waals surface area contributed by atoms with Crippen molar-refractivity contribution in [3.05, 3.63) is 63.4 Å². The zero-order chi connectivity index (χ0) is 20.8. The van der Waals surface area contributed by atoms with Gasteiger partial charge in [0.15, 0.2) is 4.80 Å². The number of aromatic nitrogens is 1. The van der Waals surface area contributed by atoms with E-state index in [4.69, 9.17) is 21.1 Å². The van der Waals surface area contributed by atoms with Crippen LogP contribution in [0.1, 0.15) is 22.8 Å². The highest BCUT2D eigenvalue weighted by atomic mass is 35.5. The van der Waals surface area contributed by atoms with Gasteiger partial charge in [0.2, 0.25) is 0 Å². The third kappa shape index (κ3) is 5.12. The van der Waals surface area contributed by atoms with Crippen LogP contribution >= 0.6 is 22.9 Å². The zero-order valence-corrected chi connectivity index (χ0v) is 17.8. The van der Waals surface area contributed by atoms with E-state index in [2.05, 4.69) is 4.99 Å². The second-order valence-corrected chi connectivity index (χ2v) is 7.60. The Kier molecular flexibility index (Phi) is 7.19. The van der Waals surface area contributed by atoms with Crippen LogP contribution in [-0.4, -0.2) is 36.8 Å². The molecule has 3 rings (SSSR count). The number of thiazole rings is 1. The Morgan fingerprint density at radius 3 is 2.72 bits per heavy atom. The summed E-state index contributed by atoms with van der Waals surface area (Å²) in [4.78, 5) is 29.3. The van der Waals surface area contributed by atoms with Gasteiger partial charge in [-0.05, 0) is 36.8 Å². The molecule has 1 aromatic heterocycles. The quantitative estimate of drug-likeness (QED) is 0.420. The average Bonchev–Trinajstić information content (AvgIpc) is 3.05. The lowest BCUT2D eigenvalue weighted by Crippen LogP contribution is -2.20. The molecule has 8 heteroatoms. The molecule has 1 heterocycles. The number of rotatable bonds is 7. The van der Waals surface area contributed by atoms with Gasteiger partial charge in [0.1, 0.15) is 0 Å². The van der Waals surface area contributed by atoms with E-state index in [0.717, 1.165) is 15.8 Å². The molecule has 0 radical (unpaired) electrons. The van der Waals surface area contributed by atoms with Crippen molar-refractivity contribution < 1.29 is 19.1 Å². The summed E-state index contributed by atoms with van der Waals surface area (Å²) in [5.41, 5.74) is 2.07. The summed E-state index contributed by atoms with van der Waals surface area (Å²) in [6.45, 7) is 3.57. The summed E-state index contributed by atoms with van der Waals surface area (Å²) in [6, 6.07) is 12.5. The number of carbonyl (C=O) groups excluding carboxylic acids is 2. The Morgan fingerprint density at radius 1 is 1.21 bits per heavy atom. The number of halogens is 1. The molecule has 0 atom stereocenters. The first-order valence-electron chi connectivity index (χ1n) is 9.14. The van der Waals surface area contributed by atoms with E-state index in [-0.39, 0.29) is 12.3 Å². The number of hydrogen-bond donors (Lipinski definition) is 0. The SMILES string of the molecule is CCOCCn1c(=NC(=O)Cc2ccccc2Cl)sc2cc(C(=O)OC)ccc21. The van der Waals surface area contributed by atoms with E-state index >= 15 is 0 Å². The number of esters is 1. The first kappa shape index (κ1) is 21.2. The lowest BCUT2D eigenvalue weighted by atomic mass is 10.1. The highest BCUT2D eigenvalue weighted by Crippen LogP contribution is 2.20. The summed E-state index contributed by atoms with van der Waals surface area (Å²) in [5.74, 6) is -0.697. The highest BCUT2D eigenvalue weighted by molar-refractivity contribution is 7.16. The van der Waals surface area contributed by atoms with Crippen LogP contribution in [0.25, 0.3) is 10.2 Å². The fraction of sp³-hybridized carbons (Fsp3) is 0.286. The summed E-state index contributed by atoms with van der Waals surface area (Å²) < 4.78 is 13.0. The lowest BCUT2D eigenvalue weighted by molar-refractivity contribution is -0.117. The predicted octanol–water partition coefficient (Wildman–Crippen LogP) is 3.85. The first-order chi connectivity index (χ1) is 14.0. The Bertz CT molecular complexity index is 1100. The third-order valence-electron chi connectivity index (χ3n) is 4.29. The van der Waals surface area contributed by atoms with Crippen LogP contribution < -0.4 is 4.80 Å². The van der Waals surface area contributed by atoms with Gasteiger partial charge in [-0.1, -0.05) is 41.1 Å². The van der Waals surface area contributed by atoms with E-state index in [9.17, 15) is 9.59 Å². The number of benzene rings is 2. The number of nitrogens with zero attached hydrogens (tertiary/aromatic N) is 2. The van der Waals surface area contributed by atoms with E-state index in [1.54, 1.807) is 18.2 Å².